The molecule has 0 spiro atoms. The number of rotatable bonds is 7. The van der Waals surface area contributed by atoms with Gasteiger partial charge in [0.15, 0.2) is 0 Å². The number of carboxylic acids is 1. The molecule has 0 radical (unpaired) electrons. The van der Waals surface area contributed by atoms with Crippen LogP contribution < -0.4 is 16.1 Å². The van der Waals surface area contributed by atoms with Gasteiger partial charge in [0.25, 0.3) is 0 Å². The van der Waals surface area contributed by atoms with Crippen molar-refractivity contribution >= 4 is 5.97 Å². The van der Waals surface area contributed by atoms with Crippen LogP contribution in [0.25, 0.3) is 0 Å². The quantitative estimate of drug-likeness (QED) is 0.172. The van der Waals surface area contributed by atoms with E-state index in [1.165, 1.54) is 0 Å². The molecule has 0 bridgehead atoms. The predicted octanol–water partition coefficient (Wildman–Crippen LogP) is -1.81. The normalized spacial score (nSPS) is 9.91. The second-order valence-electron chi connectivity index (χ2n) is 1.91. The molecule has 0 aromatic rings. The Labute approximate surface area is 64.6 Å². The zero-order chi connectivity index (χ0) is 8.53. The first-order valence-corrected chi connectivity index (χ1v) is 3.27. The molecule has 0 saturated heterocycles. The number of hydrogen-bond donors (Lipinski definition) is 5. The van der Waals surface area contributed by atoms with Gasteiger partial charge in [-0.2, -0.15) is 5.48 Å². The van der Waals surface area contributed by atoms with Crippen molar-refractivity contribution in [1.82, 2.24) is 16.1 Å². The molecule has 0 fully saturated rings. The van der Waals surface area contributed by atoms with Crippen LogP contribution in [0.15, 0.2) is 0 Å². The van der Waals surface area contributed by atoms with E-state index in [0.29, 0.717) is 19.8 Å². The Morgan fingerprint density at radius 2 is 1.91 bits per heavy atom. The average Bonchev–Trinajstić information content (AvgIpc) is 1.96. The van der Waals surface area contributed by atoms with E-state index in [4.69, 9.17) is 10.3 Å². The van der Waals surface area contributed by atoms with E-state index in [-0.39, 0.29) is 6.54 Å². The largest absolute Gasteiger partial charge is 0.480 e. The maximum atomic E-state index is 9.95. The summed E-state index contributed by atoms with van der Waals surface area (Å²) in [4.78, 5) is 9.95. The van der Waals surface area contributed by atoms with E-state index < -0.39 is 5.97 Å². The van der Waals surface area contributed by atoms with Crippen LogP contribution in [-0.4, -0.2) is 42.6 Å². The Bertz CT molecular complexity index is 109. The molecule has 66 valence electrons. The van der Waals surface area contributed by atoms with E-state index in [9.17, 15) is 4.79 Å². The summed E-state index contributed by atoms with van der Waals surface area (Å²) in [5.74, 6) is -0.870. The minimum Gasteiger partial charge on any atom is -0.480 e. The van der Waals surface area contributed by atoms with E-state index in [1.54, 1.807) is 0 Å². The highest BCUT2D eigenvalue weighted by Crippen LogP contribution is 1.60. The number of aliphatic carboxylic acids is 1. The van der Waals surface area contributed by atoms with Crippen molar-refractivity contribution in [2.75, 3.05) is 26.3 Å². The summed E-state index contributed by atoms with van der Waals surface area (Å²) in [6, 6.07) is 0. The SMILES string of the molecule is O=C(O)CNCCNCNO. The monoisotopic (exact) mass is 163 g/mol. The molecule has 0 atom stereocenters. The molecular weight excluding hydrogens is 150 g/mol. The van der Waals surface area contributed by atoms with Crippen LogP contribution in [0.5, 0.6) is 0 Å². The zero-order valence-corrected chi connectivity index (χ0v) is 6.13. The smallest absolute Gasteiger partial charge is 0.317 e. The molecule has 0 aromatic carbocycles. The fraction of sp³-hybridized carbons (Fsp3) is 0.800. The zero-order valence-electron chi connectivity index (χ0n) is 6.13. The van der Waals surface area contributed by atoms with E-state index in [0.717, 1.165) is 0 Å². The lowest BCUT2D eigenvalue weighted by Crippen LogP contribution is -2.34. The highest BCUT2D eigenvalue weighted by atomic mass is 16.5. The molecule has 0 unspecified atom stereocenters. The molecule has 0 aliphatic heterocycles. The number of nitrogens with one attached hydrogen (secondary N) is 3. The highest BCUT2D eigenvalue weighted by molar-refractivity contribution is 5.68. The fourth-order valence-electron chi connectivity index (χ4n) is 0.516. The first-order valence-electron chi connectivity index (χ1n) is 3.27. The van der Waals surface area contributed by atoms with Crippen LogP contribution in [0.3, 0.4) is 0 Å². The molecule has 6 nitrogen and oxygen atoms in total. The molecule has 0 amide bonds. The van der Waals surface area contributed by atoms with Gasteiger partial charge < -0.3 is 20.9 Å². The maximum absolute atomic E-state index is 9.95. The molecule has 0 aromatic heterocycles. The van der Waals surface area contributed by atoms with Gasteiger partial charge in [0.2, 0.25) is 0 Å². The Morgan fingerprint density at radius 3 is 2.45 bits per heavy atom. The third-order valence-electron chi connectivity index (χ3n) is 0.959. The van der Waals surface area contributed by atoms with Crippen molar-refractivity contribution in [2.45, 2.75) is 0 Å². The highest BCUT2D eigenvalue weighted by Gasteiger charge is 1.92. The van der Waals surface area contributed by atoms with Crippen molar-refractivity contribution in [3.05, 3.63) is 0 Å². The molecule has 0 saturated carbocycles. The average molecular weight is 163 g/mol. The summed E-state index contributed by atoms with van der Waals surface area (Å²) >= 11 is 0. The van der Waals surface area contributed by atoms with Crippen LogP contribution in [0.4, 0.5) is 0 Å². The Balaban J connectivity index is 2.85. The summed E-state index contributed by atoms with van der Waals surface area (Å²) in [5.41, 5.74) is 1.91. The minimum atomic E-state index is -0.870. The molecule has 5 N–H and O–H groups in total. The number of carboxylic acid groups (broad SMARTS) is 1. The summed E-state index contributed by atoms with van der Waals surface area (Å²) < 4.78 is 0. The molecule has 0 aliphatic carbocycles. The lowest BCUT2D eigenvalue weighted by molar-refractivity contribution is -0.135. The predicted molar refractivity (Wildman–Crippen MR) is 38.3 cm³/mol. The summed E-state index contributed by atoms with van der Waals surface area (Å²) in [6.45, 7) is 1.44. The first-order chi connectivity index (χ1) is 5.27. The van der Waals surface area contributed by atoms with Gasteiger partial charge in [0.1, 0.15) is 0 Å². The van der Waals surface area contributed by atoms with Crippen LogP contribution >= 0.6 is 0 Å². The van der Waals surface area contributed by atoms with E-state index in [1.807, 2.05) is 5.48 Å². The van der Waals surface area contributed by atoms with Gasteiger partial charge in [0, 0.05) is 13.1 Å². The second kappa shape index (κ2) is 7.42. The van der Waals surface area contributed by atoms with Crippen LogP contribution in [0.1, 0.15) is 0 Å². The molecular formula is C5H13N3O3. The fourth-order valence-corrected chi connectivity index (χ4v) is 0.516. The van der Waals surface area contributed by atoms with Gasteiger partial charge in [-0.25, -0.2) is 0 Å². The van der Waals surface area contributed by atoms with Crippen molar-refractivity contribution in [3.8, 4) is 0 Å². The Hall–Kier alpha value is -0.690. The lowest BCUT2D eigenvalue weighted by atomic mass is 10.5. The summed E-state index contributed by atoms with van der Waals surface area (Å²) in [6.07, 6.45) is 0. The molecule has 11 heavy (non-hydrogen) atoms. The van der Waals surface area contributed by atoms with Crippen molar-refractivity contribution < 1.29 is 15.1 Å². The maximum Gasteiger partial charge on any atom is 0.317 e. The number of carbonyl (C=O) groups is 1. The van der Waals surface area contributed by atoms with Gasteiger partial charge in [-0.15, -0.1) is 0 Å². The van der Waals surface area contributed by atoms with E-state index >= 15 is 0 Å². The number of hydroxylamine groups is 1. The van der Waals surface area contributed by atoms with Gasteiger partial charge in [-0.1, -0.05) is 0 Å². The minimum absolute atomic E-state index is 0.0335. The topological polar surface area (TPSA) is 93.6 Å². The second-order valence-corrected chi connectivity index (χ2v) is 1.91. The van der Waals surface area contributed by atoms with Crippen molar-refractivity contribution in [1.29, 1.82) is 0 Å². The standard InChI is InChI=1S/C5H13N3O3/c9-5(10)3-6-1-2-7-4-8-11/h6-8,11H,1-4H2,(H,9,10). The summed E-state index contributed by atoms with van der Waals surface area (Å²) in [5, 5.41) is 21.7. The van der Waals surface area contributed by atoms with Crippen molar-refractivity contribution in [2.24, 2.45) is 0 Å². The molecule has 0 rings (SSSR count). The molecule has 6 heteroatoms. The Kier molecular flexibility index (Phi) is 6.95. The molecule has 0 aliphatic rings. The van der Waals surface area contributed by atoms with Crippen LogP contribution in [-0.2, 0) is 4.79 Å². The Morgan fingerprint density at radius 1 is 1.27 bits per heavy atom. The van der Waals surface area contributed by atoms with Crippen molar-refractivity contribution in [3.63, 3.8) is 0 Å². The molecule has 0 heterocycles. The van der Waals surface area contributed by atoms with Gasteiger partial charge >= 0.3 is 5.97 Å². The van der Waals surface area contributed by atoms with Gasteiger partial charge in [0.05, 0.1) is 13.2 Å². The number of hydrogen-bond acceptors (Lipinski definition) is 5. The van der Waals surface area contributed by atoms with Gasteiger partial charge in [-0.3, -0.25) is 4.79 Å². The van der Waals surface area contributed by atoms with Crippen LogP contribution in [0.2, 0.25) is 0 Å². The van der Waals surface area contributed by atoms with Gasteiger partial charge in [-0.05, 0) is 0 Å². The third-order valence-corrected chi connectivity index (χ3v) is 0.959. The first kappa shape index (κ1) is 10.3. The van der Waals surface area contributed by atoms with Crippen LogP contribution in [0, 0.1) is 0 Å². The lowest BCUT2D eigenvalue weighted by Gasteiger charge is -2.02. The summed E-state index contributed by atoms with van der Waals surface area (Å²) in [7, 11) is 0. The van der Waals surface area contributed by atoms with E-state index in [2.05, 4.69) is 10.6 Å². The third kappa shape index (κ3) is 9.31.